The van der Waals surface area contributed by atoms with Gasteiger partial charge < -0.3 is 24.0 Å². The molecule has 0 bridgehead atoms. The van der Waals surface area contributed by atoms with Crippen LogP contribution in [0, 0.1) is 5.53 Å². The van der Waals surface area contributed by atoms with Crippen LogP contribution in [0.15, 0.2) is 83.5 Å². The molecule has 9 heteroatoms. The molecule has 2 aliphatic rings. The molecule has 45 heavy (non-hydrogen) atoms. The molecule has 5 rings (SSSR count). The Labute approximate surface area is 265 Å². The Morgan fingerprint density at radius 2 is 1.67 bits per heavy atom. The van der Waals surface area contributed by atoms with Crippen LogP contribution >= 0.6 is 0 Å². The van der Waals surface area contributed by atoms with Gasteiger partial charge in [-0.25, -0.2) is 10.3 Å². The molecule has 1 aliphatic carbocycles. The van der Waals surface area contributed by atoms with E-state index in [2.05, 4.69) is 35.4 Å². The van der Waals surface area contributed by atoms with Crippen molar-refractivity contribution in [2.75, 3.05) is 33.4 Å². The highest BCUT2D eigenvalue weighted by Crippen LogP contribution is 2.36. The van der Waals surface area contributed by atoms with Crippen LogP contribution in [0.25, 0.3) is 16.7 Å². The summed E-state index contributed by atoms with van der Waals surface area (Å²) in [6.45, 7) is 7.08. The van der Waals surface area contributed by atoms with Gasteiger partial charge in [0.05, 0.1) is 20.2 Å². The lowest BCUT2D eigenvalue weighted by molar-refractivity contribution is -0.128. The van der Waals surface area contributed by atoms with E-state index in [9.17, 15) is 9.59 Å². The van der Waals surface area contributed by atoms with Gasteiger partial charge in [-0.15, -0.1) is 0 Å². The highest BCUT2D eigenvalue weighted by atomic mass is 16.6. The third kappa shape index (κ3) is 8.29. The summed E-state index contributed by atoms with van der Waals surface area (Å²) < 4.78 is 17.0. The number of amides is 2. The molecule has 0 aromatic heterocycles. The largest absolute Gasteiger partial charge is 0.497 e. The van der Waals surface area contributed by atoms with Crippen molar-refractivity contribution in [1.29, 1.82) is 5.53 Å². The Balaban J connectivity index is 1.50. The Hall–Kier alpha value is -4.66. The van der Waals surface area contributed by atoms with E-state index in [4.69, 9.17) is 19.7 Å². The van der Waals surface area contributed by atoms with Crippen LogP contribution in [0.3, 0.4) is 0 Å². The number of hydrogen-bond acceptors (Lipinski definition) is 7. The van der Waals surface area contributed by atoms with Crippen LogP contribution in [0.5, 0.6) is 11.5 Å². The zero-order valence-electron chi connectivity index (χ0n) is 26.5. The summed E-state index contributed by atoms with van der Waals surface area (Å²) in [5.74, 6) is 1.15. The molecule has 1 fully saturated rings. The SMILES string of the molecule is COc1cc(CN(C(=O)C2=C(c3cccc(-c4ccccc4)c3)CCN(C(=O)OC(C)(C)C)C2)C2CC2)cc(OCCN=N)c1. The third-order valence-corrected chi connectivity index (χ3v) is 7.82. The van der Waals surface area contributed by atoms with Gasteiger partial charge in [0.15, 0.2) is 0 Å². The Kier molecular flexibility index (Phi) is 9.86. The van der Waals surface area contributed by atoms with E-state index in [0.717, 1.165) is 40.7 Å². The Morgan fingerprint density at radius 1 is 0.956 bits per heavy atom. The highest BCUT2D eigenvalue weighted by molar-refractivity contribution is 6.03. The van der Waals surface area contributed by atoms with Gasteiger partial charge in [-0.05, 0) is 86.1 Å². The van der Waals surface area contributed by atoms with E-state index >= 15 is 0 Å². The van der Waals surface area contributed by atoms with E-state index < -0.39 is 11.7 Å². The number of ether oxygens (including phenoxy) is 3. The van der Waals surface area contributed by atoms with Gasteiger partial charge >= 0.3 is 6.09 Å². The van der Waals surface area contributed by atoms with Crippen molar-refractivity contribution in [3.05, 3.63) is 89.5 Å². The first-order valence-electron chi connectivity index (χ1n) is 15.5. The average Bonchev–Trinajstić information content (AvgIpc) is 3.88. The minimum absolute atomic E-state index is 0.0795. The van der Waals surface area contributed by atoms with Crippen molar-refractivity contribution < 1.29 is 23.8 Å². The summed E-state index contributed by atoms with van der Waals surface area (Å²) in [6, 6.07) is 24.2. The van der Waals surface area contributed by atoms with Crippen molar-refractivity contribution >= 4 is 17.6 Å². The van der Waals surface area contributed by atoms with Crippen LogP contribution in [-0.2, 0) is 16.1 Å². The molecule has 0 saturated heterocycles. The summed E-state index contributed by atoms with van der Waals surface area (Å²) >= 11 is 0. The van der Waals surface area contributed by atoms with Crippen molar-refractivity contribution in [3.63, 3.8) is 0 Å². The van der Waals surface area contributed by atoms with Crippen LogP contribution in [0.2, 0.25) is 0 Å². The van der Waals surface area contributed by atoms with Crippen molar-refractivity contribution in [3.8, 4) is 22.6 Å². The molecule has 1 saturated carbocycles. The highest BCUT2D eigenvalue weighted by Gasteiger charge is 2.38. The molecule has 1 heterocycles. The fourth-order valence-electron chi connectivity index (χ4n) is 5.53. The number of methoxy groups -OCH3 is 1. The van der Waals surface area contributed by atoms with Crippen molar-refractivity contribution in [1.82, 2.24) is 9.80 Å². The molecule has 1 N–H and O–H groups in total. The molecular weight excluding hydrogens is 568 g/mol. The quantitative estimate of drug-likeness (QED) is 0.180. The van der Waals surface area contributed by atoms with E-state index in [1.165, 1.54) is 0 Å². The Morgan fingerprint density at radius 3 is 2.36 bits per heavy atom. The monoisotopic (exact) mass is 610 g/mol. The van der Waals surface area contributed by atoms with Gasteiger partial charge in [0.2, 0.25) is 0 Å². The molecule has 2 amide bonds. The van der Waals surface area contributed by atoms with E-state index in [1.54, 1.807) is 18.1 Å². The molecule has 9 nitrogen and oxygen atoms in total. The predicted octanol–water partition coefficient (Wildman–Crippen LogP) is 7.36. The lowest BCUT2D eigenvalue weighted by Gasteiger charge is -2.34. The normalized spacial score (nSPS) is 15.0. The Bertz CT molecular complexity index is 1560. The average molecular weight is 611 g/mol. The van der Waals surface area contributed by atoms with Crippen molar-refractivity contribution in [2.45, 2.75) is 58.2 Å². The zero-order valence-corrected chi connectivity index (χ0v) is 26.5. The number of hydrogen-bond donors (Lipinski definition) is 1. The number of benzene rings is 3. The summed E-state index contributed by atoms with van der Waals surface area (Å²) in [7, 11) is 1.60. The van der Waals surface area contributed by atoms with Gasteiger partial charge in [-0.2, -0.15) is 5.11 Å². The van der Waals surface area contributed by atoms with Gasteiger partial charge in [0.1, 0.15) is 23.7 Å². The number of carbonyl (C=O) groups is 2. The topological polar surface area (TPSA) is 105 Å². The lowest BCUT2D eigenvalue weighted by Crippen LogP contribution is -2.44. The van der Waals surface area contributed by atoms with E-state index in [1.807, 2.05) is 62.1 Å². The second-order valence-electron chi connectivity index (χ2n) is 12.5. The molecule has 3 aromatic carbocycles. The maximum atomic E-state index is 14.6. The number of nitrogens with zero attached hydrogens (tertiary/aromatic N) is 3. The lowest BCUT2D eigenvalue weighted by atomic mass is 9.90. The molecule has 0 atom stereocenters. The first-order chi connectivity index (χ1) is 21.6. The number of rotatable bonds is 11. The summed E-state index contributed by atoms with van der Waals surface area (Å²) in [5, 5.41) is 3.36. The maximum absolute atomic E-state index is 14.6. The van der Waals surface area contributed by atoms with E-state index in [0.29, 0.717) is 36.6 Å². The fourth-order valence-corrected chi connectivity index (χ4v) is 5.53. The molecule has 0 radical (unpaired) electrons. The number of nitrogens with one attached hydrogen (secondary N) is 1. The summed E-state index contributed by atoms with van der Waals surface area (Å²) in [6.07, 6.45) is 1.96. The number of carbonyl (C=O) groups excluding carboxylic acids is 2. The first kappa shape index (κ1) is 31.8. The smallest absolute Gasteiger partial charge is 0.410 e. The summed E-state index contributed by atoms with van der Waals surface area (Å²) in [5.41, 5.74) is 12.0. The van der Waals surface area contributed by atoms with Crippen LogP contribution in [-0.4, -0.2) is 66.8 Å². The maximum Gasteiger partial charge on any atom is 0.410 e. The van der Waals surface area contributed by atoms with Crippen molar-refractivity contribution in [2.24, 2.45) is 5.11 Å². The first-order valence-corrected chi connectivity index (χ1v) is 15.5. The minimum atomic E-state index is -0.643. The molecule has 236 valence electrons. The molecule has 1 aliphatic heterocycles. The molecular formula is C36H42N4O5. The van der Waals surface area contributed by atoms with Crippen LogP contribution in [0.1, 0.15) is 51.2 Å². The summed E-state index contributed by atoms with van der Waals surface area (Å²) in [4.78, 5) is 31.4. The van der Waals surface area contributed by atoms with Gasteiger partial charge in [0, 0.05) is 30.8 Å². The zero-order chi connectivity index (χ0) is 32.0. The second-order valence-corrected chi connectivity index (χ2v) is 12.5. The van der Waals surface area contributed by atoms with Crippen LogP contribution < -0.4 is 9.47 Å². The van der Waals surface area contributed by atoms with Gasteiger partial charge in [-0.3, -0.25) is 4.79 Å². The van der Waals surface area contributed by atoms with Gasteiger partial charge in [-0.1, -0.05) is 48.5 Å². The standard InChI is InChI=1S/C36H42N4O5/c1-36(2,3)45-35(42)39-17-15-32(28-12-8-11-27(21-28)26-9-6-5-7-10-26)33(24-39)34(41)40(29-13-14-29)23-25-19-30(43-4)22-31(20-25)44-18-16-38-37/h5-12,19-22,29,37H,13-18,23-24H2,1-4H3. The molecule has 0 unspecified atom stereocenters. The predicted molar refractivity (Wildman–Crippen MR) is 173 cm³/mol. The fraction of sp³-hybridized carbons (Fsp3) is 0.389. The van der Waals surface area contributed by atoms with E-state index in [-0.39, 0.29) is 31.6 Å². The van der Waals surface area contributed by atoms with Gasteiger partial charge in [0.25, 0.3) is 5.91 Å². The van der Waals surface area contributed by atoms with Crippen LogP contribution in [0.4, 0.5) is 4.79 Å². The third-order valence-electron chi connectivity index (χ3n) is 7.82. The molecule has 0 spiro atoms. The minimum Gasteiger partial charge on any atom is -0.497 e. The second kappa shape index (κ2) is 14.0. The molecule has 3 aromatic rings.